The van der Waals surface area contributed by atoms with Crippen LogP contribution in [0.3, 0.4) is 0 Å². The minimum atomic E-state index is -0.605. The van der Waals surface area contributed by atoms with Gasteiger partial charge < -0.3 is 15.5 Å². The Balaban J connectivity index is 2.50. The zero-order valence-electron chi connectivity index (χ0n) is 10.8. The number of nitrogens with one attached hydrogen (secondary N) is 1. The normalized spacial score (nSPS) is 15.7. The summed E-state index contributed by atoms with van der Waals surface area (Å²) in [6, 6.07) is 9.08. The molecule has 0 aliphatic rings. The standard InChI is InChI=1S/C14H20N2O2/c1-10(9-17)11(2)16-8-14(18)13-5-3-12(7-15)4-6-13/h3-6,10-11,14,16-18H,8-9H2,1-2H3. The summed E-state index contributed by atoms with van der Waals surface area (Å²) < 4.78 is 0. The molecule has 0 saturated heterocycles. The molecule has 0 aliphatic heterocycles. The molecule has 0 bridgehead atoms. The second-order valence-electron chi connectivity index (χ2n) is 4.61. The Hall–Kier alpha value is -1.41. The summed E-state index contributed by atoms with van der Waals surface area (Å²) in [6.07, 6.45) is -0.605. The van der Waals surface area contributed by atoms with E-state index in [1.165, 1.54) is 0 Å². The van der Waals surface area contributed by atoms with Crippen molar-refractivity contribution in [3.05, 3.63) is 35.4 Å². The third kappa shape index (κ3) is 4.11. The summed E-state index contributed by atoms with van der Waals surface area (Å²) >= 11 is 0. The van der Waals surface area contributed by atoms with Crippen LogP contribution in [0.15, 0.2) is 24.3 Å². The van der Waals surface area contributed by atoms with E-state index >= 15 is 0 Å². The van der Waals surface area contributed by atoms with Gasteiger partial charge in [0.2, 0.25) is 0 Å². The highest BCUT2D eigenvalue weighted by molar-refractivity contribution is 5.32. The molecule has 4 nitrogen and oxygen atoms in total. The Labute approximate surface area is 108 Å². The van der Waals surface area contributed by atoms with E-state index in [2.05, 4.69) is 5.32 Å². The van der Waals surface area contributed by atoms with Crippen LogP contribution in [-0.4, -0.2) is 29.4 Å². The summed E-state index contributed by atoms with van der Waals surface area (Å²) in [5, 5.41) is 30.9. The minimum Gasteiger partial charge on any atom is -0.396 e. The number of aliphatic hydroxyl groups is 2. The predicted octanol–water partition coefficient (Wildman–Crippen LogP) is 1.20. The van der Waals surface area contributed by atoms with Gasteiger partial charge in [0.15, 0.2) is 0 Å². The first kappa shape index (κ1) is 14.7. The molecule has 0 fully saturated rings. The average molecular weight is 248 g/mol. The van der Waals surface area contributed by atoms with Crippen molar-refractivity contribution < 1.29 is 10.2 Å². The van der Waals surface area contributed by atoms with Gasteiger partial charge in [0.05, 0.1) is 17.7 Å². The van der Waals surface area contributed by atoms with Crippen LogP contribution in [0.1, 0.15) is 31.1 Å². The number of hydrogen-bond acceptors (Lipinski definition) is 4. The fraction of sp³-hybridized carbons (Fsp3) is 0.500. The number of hydrogen-bond donors (Lipinski definition) is 3. The van der Waals surface area contributed by atoms with E-state index in [9.17, 15) is 5.11 Å². The topological polar surface area (TPSA) is 76.3 Å². The maximum absolute atomic E-state index is 9.98. The SMILES string of the molecule is CC(CO)C(C)NCC(O)c1ccc(C#N)cc1. The molecule has 0 saturated carbocycles. The zero-order chi connectivity index (χ0) is 13.5. The van der Waals surface area contributed by atoms with Crippen LogP contribution in [0.25, 0.3) is 0 Å². The molecule has 0 radical (unpaired) electrons. The largest absolute Gasteiger partial charge is 0.396 e. The predicted molar refractivity (Wildman–Crippen MR) is 69.8 cm³/mol. The molecule has 3 unspecified atom stereocenters. The van der Waals surface area contributed by atoms with Gasteiger partial charge in [0.1, 0.15) is 0 Å². The molecule has 3 atom stereocenters. The highest BCUT2D eigenvalue weighted by atomic mass is 16.3. The van der Waals surface area contributed by atoms with E-state index < -0.39 is 6.10 Å². The maximum Gasteiger partial charge on any atom is 0.0991 e. The summed E-state index contributed by atoms with van der Waals surface area (Å²) in [5.41, 5.74) is 1.37. The van der Waals surface area contributed by atoms with Gasteiger partial charge in [0, 0.05) is 19.2 Å². The van der Waals surface area contributed by atoms with Gasteiger partial charge >= 0.3 is 0 Å². The van der Waals surface area contributed by atoms with E-state index in [4.69, 9.17) is 10.4 Å². The van der Waals surface area contributed by atoms with Crippen molar-refractivity contribution in [3.8, 4) is 6.07 Å². The first-order valence-corrected chi connectivity index (χ1v) is 6.10. The van der Waals surface area contributed by atoms with Crippen LogP contribution in [0.5, 0.6) is 0 Å². The van der Waals surface area contributed by atoms with Crippen molar-refractivity contribution in [1.29, 1.82) is 5.26 Å². The number of rotatable bonds is 6. The van der Waals surface area contributed by atoms with Crippen LogP contribution >= 0.6 is 0 Å². The number of nitrogens with zero attached hydrogens (tertiary/aromatic N) is 1. The van der Waals surface area contributed by atoms with Gasteiger partial charge in [-0.25, -0.2) is 0 Å². The lowest BCUT2D eigenvalue weighted by atomic mass is 10.0. The highest BCUT2D eigenvalue weighted by Crippen LogP contribution is 2.13. The van der Waals surface area contributed by atoms with Gasteiger partial charge in [-0.2, -0.15) is 5.26 Å². The first-order valence-electron chi connectivity index (χ1n) is 6.10. The molecule has 0 heterocycles. The maximum atomic E-state index is 9.98. The quantitative estimate of drug-likeness (QED) is 0.707. The summed E-state index contributed by atoms with van der Waals surface area (Å²) in [5.74, 6) is 0.151. The van der Waals surface area contributed by atoms with Gasteiger partial charge in [0.25, 0.3) is 0 Å². The fourth-order valence-corrected chi connectivity index (χ4v) is 1.55. The Morgan fingerprint density at radius 3 is 2.39 bits per heavy atom. The lowest BCUT2D eigenvalue weighted by Gasteiger charge is -2.21. The average Bonchev–Trinajstić information content (AvgIpc) is 2.43. The van der Waals surface area contributed by atoms with Crippen LogP contribution in [0, 0.1) is 17.2 Å². The molecule has 0 spiro atoms. The molecule has 0 amide bonds. The van der Waals surface area contributed by atoms with Crippen molar-refractivity contribution >= 4 is 0 Å². The zero-order valence-corrected chi connectivity index (χ0v) is 10.8. The number of nitriles is 1. The molecule has 1 aromatic rings. The van der Waals surface area contributed by atoms with Crippen LogP contribution in [0.2, 0.25) is 0 Å². The van der Waals surface area contributed by atoms with E-state index in [0.29, 0.717) is 12.1 Å². The van der Waals surface area contributed by atoms with Gasteiger partial charge in [-0.3, -0.25) is 0 Å². The monoisotopic (exact) mass is 248 g/mol. The fourth-order valence-electron chi connectivity index (χ4n) is 1.55. The Kier molecular flexibility index (Phi) is 5.79. The minimum absolute atomic E-state index is 0.126. The highest BCUT2D eigenvalue weighted by Gasteiger charge is 2.13. The molecule has 3 N–H and O–H groups in total. The first-order chi connectivity index (χ1) is 8.58. The van der Waals surface area contributed by atoms with Crippen molar-refractivity contribution in [3.63, 3.8) is 0 Å². The smallest absolute Gasteiger partial charge is 0.0991 e. The van der Waals surface area contributed by atoms with E-state index in [-0.39, 0.29) is 18.6 Å². The molecular weight excluding hydrogens is 228 g/mol. The van der Waals surface area contributed by atoms with Crippen molar-refractivity contribution in [2.75, 3.05) is 13.2 Å². The molecule has 1 aromatic carbocycles. The second kappa shape index (κ2) is 7.12. The van der Waals surface area contributed by atoms with Crippen molar-refractivity contribution in [1.82, 2.24) is 5.32 Å². The van der Waals surface area contributed by atoms with Crippen LogP contribution in [0.4, 0.5) is 0 Å². The lowest BCUT2D eigenvalue weighted by Crippen LogP contribution is -2.36. The molecular formula is C14H20N2O2. The van der Waals surface area contributed by atoms with Crippen molar-refractivity contribution in [2.24, 2.45) is 5.92 Å². The van der Waals surface area contributed by atoms with Gasteiger partial charge in [-0.1, -0.05) is 19.1 Å². The molecule has 1 rings (SSSR count). The summed E-state index contributed by atoms with van der Waals surface area (Å²) in [7, 11) is 0. The lowest BCUT2D eigenvalue weighted by molar-refractivity contribution is 0.155. The molecule has 0 aliphatic carbocycles. The Morgan fingerprint density at radius 2 is 1.89 bits per heavy atom. The molecule has 0 aromatic heterocycles. The molecule has 18 heavy (non-hydrogen) atoms. The van der Waals surface area contributed by atoms with Crippen LogP contribution < -0.4 is 5.32 Å². The van der Waals surface area contributed by atoms with Crippen molar-refractivity contribution in [2.45, 2.75) is 26.0 Å². The Morgan fingerprint density at radius 1 is 1.28 bits per heavy atom. The van der Waals surface area contributed by atoms with Gasteiger partial charge in [-0.15, -0.1) is 0 Å². The van der Waals surface area contributed by atoms with Gasteiger partial charge in [-0.05, 0) is 30.5 Å². The van der Waals surface area contributed by atoms with E-state index in [0.717, 1.165) is 5.56 Å². The summed E-state index contributed by atoms with van der Waals surface area (Å²) in [6.45, 7) is 4.48. The molecule has 4 heteroatoms. The number of benzene rings is 1. The van der Waals surface area contributed by atoms with E-state index in [1.807, 2.05) is 19.9 Å². The van der Waals surface area contributed by atoms with E-state index in [1.54, 1.807) is 24.3 Å². The Bertz CT molecular complexity index is 397. The van der Waals surface area contributed by atoms with Crippen LogP contribution in [-0.2, 0) is 0 Å². The third-order valence-electron chi connectivity index (χ3n) is 3.20. The number of aliphatic hydroxyl groups excluding tert-OH is 2. The summed E-state index contributed by atoms with van der Waals surface area (Å²) in [4.78, 5) is 0. The third-order valence-corrected chi connectivity index (χ3v) is 3.20. The molecule has 98 valence electrons. The second-order valence-corrected chi connectivity index (χ2v) is 4.61.